The monoisotopic (exact) mass is 319 g/mol. The summed E-state index contributed by atoms with van der Waals surface area (Å²) >= 11 is 1.21. The van der Waals surface area contributed by atoms with Crippen LogP contribution in [0.4, 0.5) is 5.69 Å². The van der Waals surface area contributed by atoms with E-state index in [1.807, 2.05) is 0 Å². The molecule has 0 spiro atoms. The van der Waals surface area contributed by atoms with Crippen molar-refractivity contribution in [3.8, 4) is 0 Å². The Morgan fingerprint density at radius 1 is 1.65 bits per heavy atom. The second kappa shape index (κ2) is 5.28. The molecular formula is C9H10BrN3O3S. The number of nitrogen functional groups attached to an aromatic ring is 1. The fourth-order valence-corrected chi connectivity index (χ4v) is 2.10. The third-order valence-electron chi connectivity index (χ3n) is 1.94. The summed E-state index contributed by atoms with van der Waals surface area (Å²) in [5, 5.41) is 1.93. The van der Waals surface area contributed by atoms with Crippen molar-refractivity contribution in [3.05, 3.63) is 21.6 Å². The largest absolute Gasteiger partial charge is 0.460 e. The molecule has 0 radical (unpaired) electrons. The molecule has 0 fully saturated rings. The molecule has 0 amide bonds. The molecule has 2 heterocycles. The molecule has 92 valence electrons. The summed E-state index contributed by atoms with van der Waals surface area (Å²) in [5.74, 6) is -0.741. The summed E-state index contributed by atoms with van der Waals surface area (Å²) in [6, 6.07) is 0. The number of carbonyl (C=O) groups is 1. The Morgan fingerprint density at radius 3 is 3.00 bits per heavy atom. The Bertz CT molecular complexity index is 607. The summed E-state index contributed by atoms with van der Waals surface area (Å²) in [4.78, 5) is 29.7. The van der Waals surface area contributed by atoms with Gasteiger partial charge < -0.3 is 15.5 Å². The molecule has 8 heteroatoms. The maximum Gasteiger partial charge on any atom is 0.374 e. The van der Waals surface area contributed by atoms with Crippen LogP contribution in [-0.2, 0) is 4.74 Å². The number of aromatic nitrogens is 2. The Balaban J connectivity index is 0.00000144. The Hall–Kier alpha value is -1.41. The smallest absolute Gasteiger partial charge is 0.374 e. The lowest BCUT2D eigenvalue weighted by Crippen LogP contribution is -2.17. The molecule has 0 aliphatic heterocycles. The molecule has 0 bridgehead atoms. The second-order valence-electron chi connectivity index (χ2n) is 3.01. The highest BCUT2D eigenvalue weighted by Crippen LogP contribution is 2.22. The van der Waals surface area contributed by atoms with Crippen molar-refractivity contribution in [1.82, 2.24) is 9.97 Å². The van der Waals surface area contributed by atoms with Gasteiger partial charge in [-0.15, -0.1) is 28.3 Å². The predicted octanol–water partition coefficient (Wildman–Crippen LogP) is 1.32. The average Bonchev–Trinajstić information content (AvgIpc) is 2.61. The molecule has 6 nitrogen and oxygen atoms in total. The second-order valence-corrected chi connectivity index (χ2v) is 3.86. The Labute approximate surface area is 111 Å². The SMILES string of the molecule is Br.CCOC(=O)c1nc2scc(N)c2c(=O)[nH]1. The number of anilines is 1. The number of carbonyl (C=O) groups excluding carboxylic acids is 1. The summed E-state index contributed by atoms with van der Waals surface area (Å²) < 4.78 is 4.74. The van der Waals surface area contributed by atoms with Gasteiger partial charge in [0.05, 0.1) is 17.7 Å². The number of hydrogen-bond acceptors (Lipinski definition) is 6. The zero-order chi connectivity index (χ0) is 11.7. The molecule has 0 aliphatic rings. The van der Waals surface area contributed by atoms with Crippen molar-refractivity contribution < 1.29 is 9.53 Å². The van der Waals surface area contributed by atoms with E-state index in [9.17, 15) is 9.59 Å². The molecule has 2 aromatic rings. The van der Waals surface area contributed by atoms with E-state index in [4.69, 9.17) is 10.5 Å². The van der Waals surface area contributed by atoms with E-state index in [-0.39, 0.29) is 29.4 Å². The van der Waals surface area contributed by atoms with Crippen molar-refractivity contribution in [1.29, 1.82) is 0 Å². The average molecular weight is 320 g/mol. The summed E-state index contributed by atoms with van der Waals surface area (Å²) in [7, 11) is 0. The molecule has 0 atom stereocenters. The first kappa shape index (κ1) is 13.7. The molecule has 0 saturated heterocycles. The quantitative estimate of drug-likeness (QED) is 0.813. The summed E-state index contributed by atoms with van der Waals surface area (Å²) in [6.45, 7) is 1.91. The van der Waals surface area contributed by atoms with Crippen LogP contribution in [-0.4, -0.2) is 22.5 Å². The highest BCUT2D eigenvalue weighted by atomic mass is 79.9. The van der Waals surface area contributed by atoms with Crippen molar-refractivity contribution in [2.24, 2.45) is 0 Å². The predicted molar refractivity (Wildman–Crippen MR) is 70.9 cm³/mol. The number of esters is 1. The molecule has 2 rings (SSSR count). The molecule has 0 saturated carbocycles. The molecule has 17 heavy (non-hydrogen) atoms. The minimum atomic E-state index is -0.645. The lowest BCUT2D eigenvalue weighted by molar-refractivity contribution is 0.0512. The first-order valence-electron chi connectivity index (χ1n) is 4.57. The van der Waals surface area contributed by atoms with Crippen molar-refractivity contribution in [3.63, 3.8) is 0 Å². The number of rotatable bonds is 2. The van der Waals surface area contributed by atoms with Gasteiger partial charge in [0, 0.05) is 5.38 Å². The molecule has 0 aromatic carbocycles. The van der Waals surface area contributed by atoms with Crippen LogP contribution in [0.15, 0.2) is 10.2 Å². The van der Waals surface area contributed by atoms with Crippen LogP contribution < -0.4 is 11.3 Å². The lowest BCUT2D eigenvalue weighted by atomic mass is 10.3. The number of nitrogens with two attached hydrogens (primary N) is 1. The van der Waals surface area contributed by atoms with E-state index >= 15 is 0 Å². The van der Waals surface area contributed by atoms with Crippen LogP contribution in [0, 0.1) is 0 Å². The third-order valence-corrected chi connectivity index (χ3v) is 2.83. The lowest BCUT2D eigenvalue weighted by Gasteiger charge is -2.00. The molecule has 2 aromatic heterocycles. The fraction of sp³-hybridized carbons (Fsp3) is 0.222. The number of hydrogen-bond donors (Lipinski definition) is 2. The van der Waals surface area contributed by atoms with Crippen LogP contribution in [0.3, 0.4) is 0 Å². The number of H-pyrrole nitrogens is 1. The number of halogens is 1. The van der Waals surface area contributed by atoms with E-state index in [1.54, 1.807) is 12.3 Å². The van der Waals surface area contributed by atoms with Gasteiger partial charge in [0.2, 0.25) is 5.82 Å². The van der Waals surface area contributed by atoms with Crippen LogP contribution in [0.2, 0.25) is 0 Å². The minimum Gasteiger partial charge on any atom is -0.460 e. The third kappa shape index (κ3) is 2.47. The molecular weight excluding hydrogens is 310 g/mol. The van der Waals surface area contributed by atoms with Gasteiger partial charge in [0.1, 0.15) is 4.83 Å². The number of aromatic amines is 1. The summed E-state index contributed by atoms with van der Waals surface area (Å²) in [6.07, 6.45) is 0. The van der Waals surface area contributed by atoms with Crippen LogP contribution >= 0.6 is 28.3 Å². The van der Waals surface area contributed by atoms with Crippen molar-refractivity contribution >= 4 is 50.2 Å². The summed E-state index contributed by atoms with van der Waals surface area (Å²) in [5.41, 5.74) is 5.54. The zero-order valence-corrected chi connectivity index (χ0v) is 11.4. The van der Waals surface area contributed by atoms with Gasteiger partial charge in [-0.05, 0) is 6.92 Å². The van der Waals surface area contributed by atoms with Gasteiger partial charge in [0.25, 0.3) is 5.56 Å². The maximum absolute atomic E-state index is 11.6. The van der Waals surface area contributed by atoms with Crippen molar-refractivity contribution in [2.75, 3.05) is 12.3 Å². The topological polar surface area (TPSA) is 98.1 Å². The number of nitrogens with zero attached hydrogens (tertiary/aromatic N) is 1. The Kier molecular flexibility index (Phi) is 4.24. The van der Waals surface area contributed by atoms with Gasteiger partial charge in [-0.1, -0.05) is 0 Å². The zero-order valence-electron chi connectivity index (χ0n) is 8.85. The highest BCUT2D eigenvalue weighted by Gasteiger charge is 2.14. The van der Waals surface area contributed by atoms with Gasteiger partial charge in [-0.2, -0.15) is 0 Å². The first-order valence-corrected chi connectivity index (χ1v) is 5.45. The maximum atomic E-state index is 11.6. The van der Waals surface area contributed by atoms with Gasteiger partial charge in [-0.3, -0.25) is 4.79 Å². The van der Waals surface area contributed by atoms with E-state index in [0.717, 1.165) is 0 Å². The van der Waals surface area contributed by atoms with E-state index in [0.29, 0.717) is 15.9 Å². The number of fused-ring (bicyclic) bond motifs is 1. The van der Waals surface area contributed by atoms with E-state index in [2.05, 4.69) is 9.97 Å². The number of nitrogens with one attached hydrogen (secondary N) is 1. The first-order chi connectivity index (χ1) is 7.63. The normalized spacial score (nSPS) is 9.94. The van der Waals surface area contributed by atoms with Gasteiger partial charge in [0.15, 0.2) is 0 Å². The van der Waals surface area contributed by atoms with Gasteiger partial charge >= 0.3 is 5.97 Å². The van der Waals surface area contributed by atoms with Crippen molar-refractivity contribution in [2.45, 2.75) is 6.92 Å². The van der Waals surface area contributed by atoms with E-state index in [1.165, 1.54) is 11.3 Å². The Morgan fingerprint density at radius 2 is 2.35 bits per heavy atom. The van der Waals surface area contributed by atoms with Crippen LogP contribution in [0.5, 0.6) is 0 Å². The fourth-order valence-electron chi connectivity index (χ4n) is 1.27. The standard InChI is InChI=1S/C9H9N3O3S.BrH/c1-2-15-9(14)6-11-7(13)5-4(10)3-16-8(5)12-6;/h3H,2,10H2,1H3,(H,11,12,13);1H. The van der Waals surface area contributed by atoms with Gasteiger partial charge in [-0.25, -0.2) is 9.78 Å². The number of thiophene rings is 1. The number of ether oxygens (including phenoxy) is 1. The minimum absolute atomic E-state index is 0. The molecule has 0 unspecified atom stereocenters. The highest BCUT2D eigenvalue weighted by molar-refractivity contribution is 8.93. The van der Waals surface area contributed by atoms with Crippen LogP contribution in [0.25, 0.3) is 10.2 Å². The molecule has 0 aliphatic carbocycles. The molecule has 3 N–H and O–H groups in total. The van der Waals surface area contributed by atoms with E-state index < -0.39 is 11.5 Å². The van der Waals surface area contributed by atoms with Crippen LogP contribution in [0.1, 0.15) is 17.5 Å².